The molecule has 32 heavy (non-hydrogen) atoms. The lowest BCUT2D eigenvalue weighted by Gasteiger charge is -2.10. The van der Waals surface area contributed by atoms with Gasteiger partial charge in [0.15, 0.2) is 5.76 Å². The van der Waals surface area contributed by atoms with Gasteiger partial charge in [-0.1, -0.05) is 24.3 Å². The minimum Gasteiger partial charge on any atom is -0.491 e. The number of methoxy groups -OCH3 is 1. The quantitative estimate of drug-likeness (QED) is 0.376. The number of carbonyl (C=O) groups is 1. The number of ether oxygens (including phenoxy) is 2. The largest absolute Gasteiger partial charge is 0.491 e. The Morgan fingerprint density at radius 3 is 2.44 bits per heavy atom. The Bertz CT molecular complexity index is 1200. The van der Waals surface area contributed by atoms with Crippen LogP contribution in [0.25, 0.3) is 22.8 Å². The molecule has 0 aliphatic heterocycles. The van der Waals surface area contributed by atoms with Crippen LogP contribution in [0.1, 0.15) is 10.4 Å². The summed E-state index contributed by atoms with van der Waals surface area (Å²) in [6.07, 6.45) is 1.45. The number of oxazole rings is 1. The van der Waals surface area contributed by atoms with E-state index in [9.17, 15) is 9.18 Å². The smallest absolute Gasteiger partial charge is 0.256 e. The molecular weight excluding hydrogens is 411 g/mol. The van der Waals surface area contributed by atoms with E-state index in [4.69, 9.17) is 13.9 Å². The summed E-state index contributed by atoms with van der Waals surface area (Å²) in [6, 6.07) is 20.3. The van der Waals surface area contributed by atoms with Gasteiger partial charge in [-0.25, -0.2) is 9.37 Å². The number of benzene rings is 3. The van der Waals surface area contributed by atoms with Crippen LogP contribution >= 0.6 is 0 Å². The van der Waals surface area contributed by atoms with Gasteiger partial charge in [0, 0.05) is 18.4 Å². The summed E-state index contributed by atoms with van der Waals surface area (Å²) in [6.45, 7) is 0.940. The highest BCUT2D eigenvalue weighted by atomic mass is 19.1. The summed E-state index contributed by atoms with van der Waals surface area (Å²) in [5, 5.41) is 2.86. The van der Waals surface area contributed by atoms with Crippen LogP contribution < -0.4 is 10.1 Å². The van der Waals surface area contributed by atoms with Crippen LogP contribution in [0.15, 0.2) is 83.4 Å². The summed E-state index contributed by atoms with van der Waals surface area (Å²) >= 11 is 0. The molecule has 4 aromatic rings. The third kappa shape index (κ3) is 4.84. The van der Waals surface area contributed by atoms with Crippen LogP contribution in [-0.2, 0) is 4.74 Å². The van der Waals surface area contributed by atoms with Crippen molar-refractivity contribution in [3.05, 3.63) is 90.4 Å². The van der Waals surface area contributed by atoms with Gasteiger partial charge in [-0.15, -0.1) is 0 Å². The molecule has 0 unspecified atom stereocenters. The highest BCUT2D eigenvalue weighted by Crippen LogP contribution is 2.30. The van der Waals surface area contributed by atoms with Crippen LogP contribution in [-0.4, -0.2) is 31.2 Å². The second-order valence-corrected chi connectivity index (χ2v) is 6.87. The summed E-state index contributed by atoms with van der Waals surface area (Å²) in [5.74, 6) is 0.476. The number of hydrogen-bond donors (Lipinski definition) is 1. The lowest BCUT2D eigenvalue weighted by molar-refractivity contribution is 0.102. The molecule has 1 aromatic heterocycles. The molecule has 0 saturated heterocycles. The van der Waals surface area contributed by atoms with Crippen LogP contribution in [0, 0.1) is 5.82 Å². The molecule has 0 aliphatic rings. The van der Waals surface area contributed by atoms with Crippen molar-refractivity contribution in [2.75, 3.05) is 25.6 Å². The van der Waals surface area contributed by atoms with E-state index in [0.29, 0.717) is 41.3 Å². The molecule has 1 amide bonds. The first-order chi connectivity index (χ1) is 15.7. The molecule has 6 nitrogen and oxygen atoms in total. The van der Waals surface area contributed by atoms with Gasteiger partial charge in [-0.2, -0.15) is 0 Å². The molecule has 0 saturated carbocycles. The van der Waals surface area contributed by atoms with E-state index in [0.717, 1.165) is 0 Å². The Labute approximate surface area is 184 Å². The van der Waals surface area contributed by atoms with Crippen molar-refractivity contribution in [3.63, 3.8) is 0 Å². The highest BCUT2D eigenvalue weighted by Gasteiger charge is 2.18. The number of carbonyl (C=O) groups excluding carboxylic acids is 1. The fourth-order valence-corrected chi connectivity index (χ4v) is 3.13. The molecule has 0 aliphatic carbocycles. The van der Waals surface area contributed by atoms with Gasteiger partial charge in [0.25, 0.3) is 5.91 Å². The number of anilines is 1. The average molecular weight is 432 g/mol. The zero-order chi connectivity index (χ0) is 22.3. The number of hydrogen-bond acceptors (Lipinski definition) is 5. The van der Waals surface area contributed by atoms with Crippen molar-refractivity contribution in [2.45, 2.75) is 0 Å². The van der Waals surface area contributed by atoms with Gasteiger partial charge in [0.2, 0.25) is 5.89 Å². The topological polar surface area (TPSA) is 73.6 Å². The number of amides is 1. The maximum Gasteiger partial charge on any atom is 0.256 e. The fraction of sp³-hybridized carbons (Fsp3) is 0.120. The summed E-state index contributed by atoms with van der Waals surface area (Å²) in [5.41, 5.74) is 1.81. The molecule has 4 rings (SSSR count). The van der Waals surface area contributed by atoms with Crippen molar-refractivity contribution in [1.82, 2.24) is 4.98 Å². The molecule has 0 radical (unpaired) electrons. The average Bonchev–Trinajstić information content (AvgIpc) is 3.30. The molecule has 0 spiro atoms. The van der Waals surface area contributed by atoms with Crippen LogP contribution in [0.5, 0.6) is 5.75 Å². The number of aromatic nitrogens is 1. The molecule has 1 N–H and O–H groups in total. The molecule has 7 heteroatoms. The number of nitrogens with zero attached hydrogens (tertiary/aromatic N) is 1. The van der Waals surface area contributed by atoms with E-state index in [1.165, 1.54) is 12.3 Å². The fourth-order valence-electron chi connectivity index (χ4n) is 3.13. The maximum absolute atomic E-state index is 14.1. The van der Waals surface area contributed by atoms with E-state index in [2.05, 4.69) is 10.3 Å². The van der Waals surface area contributed by atoms with E-state index in [-0.39, 0.29) is 17.6 Å². The van der Waals surface area contributed by atoms with E-state index in [1.54, 1.807) is 73.8 Å². The number of nitrogens with one attached hydrogen (secondary N) is 1. The summed E-state index contributed by atoms with van der Waals surface area (Å²) < 4.78 is 30.4. The normalized spacial score (nSPS) is 10.7. The predicted molar refractivity (Wildman–Crippen MR) is 119 cm³/mol. The zero-order valence-electron chi connectivity index (χ0n) is 17.4. The molecule has 0 atom stereocenters. The lowest BCUT2D eigenvalue weighted by atomic mass is 10.1. The first-order valence-corrected chi connectivity index (χ1v) is 9.99. The van der Waals surface area contributed by atoms with Gasteiger partial charge >= 0.3 is 0 Å². The van der Waals surface area contributed by atoms with Crippen molar-refractivity contribution >= 4 is 11.6 Å². The lowest BCUT2D eigenvalue weighted by Crippen LogP contribution is -2.13. The Hall–Kier alpha value is -3.97. The Balaban J connectivity index is 1.53. The van der Waals surface area contributed by atoms with Crippen LogP contribution in [0.3, 0.4) is 0 Å². The third-order valence-corrected chi connectivity index (χ3v) is 4.72. The minimum absolute atomic E-state index is 0.232. The highest BCUT2D eigenvalue weighted by molar-refractivity contribution is 6.08. The van der Waals surface area contributed by atoms with Crippen LogP contribution in [0.4, 0.5) is 10.1 Å². The van der Waals surface area contributed by atoms with E-state index >= 15 is 0 Å². The van der Waals surface area contributed by atoms with E-state index < -0.39 is 5.82 Å². The Morgan fingerprint density at radius 1 is 0.969 bits per heavy atom. The van der Waals surface area contributed by atoms with Crippen molar-refractivity contribution in [2.24, 2.45) is 0 Å². The predicted octanol–water partition coefficient (Wildman–Crippen LogP) is 5.43. The van der Waals surface area contributed by atoms with Gasteiger partial charge in [-0.05, 0) is 48.5 Å². The molecule has 1 heterocycles. The molecule has 0 bridgehead atoms. The van der Waals surface area contributed by atoms with Crippen molar-refractivity contribution in [3.8, 4) is 28.5 Å². The maximum atomic E-state index is 14.1. The number of rotatable bonds is 8. The third-order valence-electron chi connectivity index (χ3n) is 4.72. The monoisotopic (exact) mass is 432 g/mol. The Kier molecular flexibility index (Phi) is 6.57. The van der Waals surface area contributed by atoms with Gasteiger partial charge in [-0.3, -0.25) is 4.79 Å². The first kappa shape index (κ1) is 21.3. The molecule has 162 valence electrons. The van der Waals surface area contributed by atoms with Crippen LogP contribution in [0.2, 0.25) is 0 Å². The first-order valence-electron chi connectivity index (χ1n) is 9.99. The molecule has 0 fully saturated rings. The summed E-state index contributed by atoms with van der Waals surface area (Å²) in [7, 11) is 1.61. The van der Waals surface area contributed by atoms with Gasteiger partial charge in [0.1, 0.15) is 18.2 Å². The van der Waals surface area contributed by atoms with Crippen molar-refractivity contribution < 1.29 is 23.1 Å². The van der Waals surface area contributed by atoms with Gasteiger partial charge in [0.05, 0.1) is 23.9 Å². The standard InChI is InChI=1S/C25H21FN2O4/c1-30-14-15-31-18-12-10-17(11-13-18)28-24(29)19-6-2-3-7-20(19)25-27-16-23(32-25)21-8-4-5-9-22(21)26/h2-13,16H,14-15H2,1H3,(H,28,29). The van der Waals surface area contributed by atoms with Crippen molar-refractivity contribution in [1.29, 1.82) is 0 Å². The second kappa shape index (κ2) is 9.89. The molecular formula is C25H21FN2O4. The second-order valence-electron chi connectivity index (χ2n) is 6.87. The number of halogens is 1. The molecule has 3 aromatic carbocycles. The van der Waals surface area contributed by atoms with Gasteiger partial charge < -0.3 is 19.2 Å². The van der Waals surface area contributed by atoms with E-state index in [1.807, 2.05) is 0 Å². The summed E-state index contributed by atoms with van der Waals surface area (Å²) in [4.78, 5) is 17.2. The SMILES string of the molecule is COCCOc1ccc(NC(=O)c2ccccc2-c2ncc(-c3ccccc3F)o2)cc1. The minimum atomic E-state index is -0.407. The zero-order valence-corrected chi connectivity index (χ0v) is 17.4. The Morgan fingerprint density at radius 2 is 1.69 bits per heavy atom.